The SMILES string of the molecule is C/C=C/COc1cc(F)c2c(F)c([C@@H]3CC[C@@H]4CC(CCCCCC)CCC4C3)c(F)cc2c1. The van der Waals surface area contributed by atoms with Gasteiger partial charge in [0.1, 0.15) is 29.8 Å². The molecule has 0 aromatic heterocycles. The molecule has 2 fully saturated rings. The first kappa shape index (κ1) is 25.1. The normalized spacial score (nSPS) is 25.1. The third kappa shape index (κ3) is 5.63. The standard InChI is InChI=1S/C30H39F3O/c1-3-5-7-8-9-20-10-11-22-16-23(13-12-21(22)15-20)28-26(31)18-24-17-25(34-14-6-4-2)19-27(32)29(24)30(28)33/h4,6,17-23H,3,5,7-16H2,1-2H3/b6-4+/t20?,21-,22?,23-/m1/s1. The van der Waals surface area contributed by atoms with Crippen LogP contribution in [0.2, 0.25) is 0 Å². The van der Waals surface area contributed by atoms with Crippen LogP contribution in [0.1, 0.15) is 96.0 Å². The number of hydrogen-bond acceptors (Lipinski definition) is 1. The van der Waals surface area contributed by atoms with E-state index in [9.17, 15) is 4.39 Å². The van der Waals surface area contributed by atoms with Crippen molar-refractivity contribution in [3.05, 3.63) is 53.4 Å². The van der Waals surface area contributed by atoms with Gasteiger partial charge in [0.25, 0.3) is 0 Å². The largest absolute Gasteiger partial charge is 0.489 e. The molecule has 0 amide bonds. The molecule has 0 N–H and O–H groups in total. The molecule has 4 heteroatoms. The van der Waals surface area contributed by atoms with Gasteiger partial charge in [0.05, 0.1) is 5.39 Å². The van der Waals surface area contributed by atoms with Crippen LogP contribution < -0.4 is 4.74 Å². The average molecular weight is 473 g/mol. The lowest BCUT2D eigenvalue weighted by molar-refractivity contribution is 0.111. The van der Waals surface area contributed by atoms with Crippen LogP contribution in [0.3, 0.4) is 0 Å². The van der Waals surface area contributed by atoms with Crippen molar-refractivity contribution >= 4 is 10.8 Å². The van der Waals surface area contributed by atoms with E-state index in [1.165, 1.54) is 63.1 Å². The molecule has 2 aromatic carbocycles. The minimum Gasteiger partial charge on any atom is -0.489 e. The summed E-state index contributed by atoms with van der Waals surface area (Å²) < 4.78 is 51.2. The smallest absolute Gasteiger partial charge is 0.140 e. The summed E-state index contributed by atoms with van der Waals surface area (Å²) >= 11 is 0. The van der Waals surface area contributed by atoms with E-state index < -0.39 is 17.5 Å². The minimum absolute atomic E-state index is 0.0918. The summed E-state index contributed by atoms with van der Waals surface area (Å²) in [5.41, 5.74) is 0.0918. The number of hydrogen-bond donors (Lipinski definition) is 0. The van der Waals surface area contributed by atoms with Gasteiger partial charge in [-0.3, -0.25) is 0 Å². The van der Waals surface area contributed by atoms with E-state index in [1.807, 2.05) is 13.0 Å². The maximum Gasteiger partial charge on any atom is 0.140 e. The Kier molecular flexibility index (Phi) is 8.60. The monoisotopic (exact) mass is 472 g/mol. The van der Waals surface area contributed by atoms with Gasteiger partial charge in [-0.25, -0.2) is 13.2 Å². The number of rotatable bonds is 9. The van der Waals surface area contributed by atoms with E-state index >= 15 is 8.78 Å². The Labute approximate surface area is 202 Å². The Morgan fingerprint density at radius 1 is 0.912 bits per heavy atom. The number of benzene rings is 2. The highest BCUT2D eigenvalue weighted by Gasteiger charge is 2.37. The molecular formula is C30H39F3O. The predicted molar refractivity (Wildman–Crippen MR) is 134 cm³/mol. The third-order valence-electron chi connectivity index (χ3n) is 8.27. The average Bonchev–Trinajstić information content (AvgIpc) is 2.81. The number of unbranched alkanes of at least 4 members (excludes halogenated alkanes) is 3. The van der Waals surface area contributed by atoms with Gasteiger partial charge in [-0.15, -0.1) is 0 Å². The fourth-order valence-electron chi connectivity index (χ4n) is 6.47. The van der Waals surface area contributed by atoms with Crippen LogP contribution in [0.5, 0.6) is 5.75 Å². The van der Waals surface area contributed by atoms with Crippen molar-refractivity contribution in [3.8, 4) is 5.75 Å². The van der Waals surface area contributed by atoms with Crippen LogP contribution in [-0.2, 0) is 0 Å². The van der Waals surface area contributed by atoms with E-state index in [2.05, 4.69) is 6.92 Å². The van der Waals surface area contributed by atoms with Crippen molar-refractivity contribution in [2.45, 2.75) is 90.4 Å². The first-order valence-electron chi connectivity index (χ1n) is 13.4. The minimum atomic E-state index is -0.722. The van der Waals surface area contributed by atoms with Crippen LogP contribution in [-0.4, -0.2) is 6.61 Å². The summed E-state index contributed by atoms with van der Waals surface area (Å²) in [6.45, 7) is 4.40. The maximum absolute atomic E-state index is 15.6. The second-order valence-electron chi connectivity index (χ2n) is 10.5. The Morgan fingerprint density at radius 2 is 1.71 bits per heavy atom. The molecule has 2 aliphatic carbocycles. The van der Waals surface area contributed by atoms with Crippen LogP contribution in [0.4, 0.5) is 13.2 Å². The van der Waals surface area contributed by atoms with Crippen molar-refractivity contribution in [2.75, 3.05) is 6.61 Å². The summed E-state index contributed by atoms with van der Waals surface area (Å²) in [4.78, 5) is 0. The molecule has 0 heterocycles. The molecule has 0 aliphatic heterocycles. The van der Waals surface area contributed by atoms with Crippen LogP contribution in [0.15, 0.2) is 30.4 Å². The predicted octanol–water partition coefficient (Wildman–Crippen LogP) is 9.48. The fraction of sp³-hybridized carbons (Fsp3) is 0.600. The number of ether oxygens (including phenoxy) is 1. The van der Waals surface area contributed by atoms with Gasteiger partial charge >= 0.3 is 0 Å². The molecule has 0 radical (unpaired) electrons. The van der Waals surface area contributed by atoms with E-state index in [0.29, 0.717) is 11.8 Å². The molecule has 2 unspecified atom stereocenters. The zero-order valence-electron chi connectivity index (χ0n) is 20.7. The summed E-state index contributed by atoms with van der Waals surface area (Å²) in [6, 6.07) is 4.02. The van der Waals surface area contributed by atoms with Crippen LogP contribution in [0.25, 0.3) is 10.8 Å². The van der Waals surface area contributed by atoms with Gasteiger partial charge < -0.3 is 4.74 Å². The lowest BCUT2D eigenvalue weighted by atomic mass is 9.63. The van der Waals surface area contributed by atoms with Crippen LogP contribution >= 0.6 is 0 Å². The number of allylic oxidation sites excluding steroid dienone is 1. The summed E-state index contributed by atoms with van der Waals surface area (Å²) in [7, 11) is 0. The van der Waals surface area contributed by atoms with Gasteiger partial charge in [-0.2, -0.15) is 0 Å². The van der Waals surface area contributed by atoms with Crippen molar-refractivity contribution < 1.29 is 17.9 Å². The van der Waals surface area contributed by atoms with Gasteiger partial charge in [0.15, 0.2) is 0 Å². The molecule has 2 saturated carbocycles. The molecular weight excluding hydrogens is 433 g/mol. The van der Waals surface area contributed by atoms with Gasteiger partial charge in [-0.1, -0.05) is 57.6 Å². The van der Waals surface area contributed by atoms with Crippen molar-refractivity contribution in [2.24, 2.45) is 17.8 Å². The molecule has 4 atom stereocenters. The Morgan fingerprint density at radius 3 is 2.50 bits per heavy atom. The molecule has 0 bridgehead atoms. The van der Waals surface area contributed by atoms with Gasteiger partial charge in [-0.05, 0) is 80.2 Å². The molecule has 2 aliphatic rings. The van der Waals surface area contributed by atoms with E-state index in [4.69, 9.17) is 4.74 Å². The Hall–Kier alpha value is -1.97. The second-order valence-corrected chi connectivity index (χ2v) is 10.5. The third-order valence-corrected chi connectivity index (χ3v) is 8.27. The highest BCUT2D eigenvalue weighted by atomic mass is 19.1. The molecule has 0 spiro atoms. The van der Waals surface area contributed by atoms with Gasteiger partial charge in [0.2, 0.25) is 0 Å². The highest BCUT2D eigenvalue weighted by Crippen LogP contribution is 2.49. The molecule has 4 rings (SSSR count). The molecule has 186 valence electrons. The lowest BCUT2D eigenvalue weighted by Crippen LogP contribution is -2.31. The van der Waals surface area contributed by atoms with Crippen molar-refractivity contribution in [1.82, 2.24) is 0 Å². The summed E-state index contributed by atoms with van der Waals surface area (Å²) in [5.74, 6) is 0.182. The second kappa shape index (κ2) is 11.6. The fourth-order valence-corrected chi connectivity index (χ4v) is 6.47. The van der Waals surface area contributed by atoms with Gasteiger partial charge in [0, 0.05) is 11.6 Å². The van der Waals surface area contributed by atoms with Crippen molar-refractivity contribution in [3.63, 3.8) is 0 Å². The molecule has 34 heavy (non-hydrogen) atoms. The quantitative estimate of drug-likeness (QED) is 0.261. The van der Waals surface area contributed by atoms with Crippen molar-refractivity contribution in [1.29, 1.82) is 0 Å². The topological polar surface area (TPSA) is 9.23 Å². The number of halogens is 3. The lowest BCUT2D eigenvalue weighted by Gasteiger charge is -2.42. The van der Waals surface area contributed by atoms with E-state index in [0.717, 1.165) is 31.6 Å². The first-order chi connectivity index (χ1) is 16.5. The highest BCUT2D eigenvalue weighted by molar-refractivity contribution is 5.86. The molecule has 1 nitrogen and oxygen atoms in total. The summed E-state index contributed by atoms with van der Waals surface area (Å²) in [6.07, 6.45) is 16.5. The summed E-state index contributed by atoms with van der Waals surface area (Å²) in [5, 5.41) is 0.0965. The van der Waals surface area contributed by atoms with Crippen LogP contribution in [0, 0.1) is 35.2 Å². The number of fused-ring (bicyclic) bond motifs is 2. The first-order valence-corrected chi connectivity index (χ1v) is 13.4. The molecule has 2 aromatic rings. The Balaban J connectivity index is 1.47. The Bertz CT molecular complexity index is 998. The zero-order chi connectivity index (χ0) is 24.1. The molecule has 0 saturated heterocycles. The maximum atomic E-state index is 15.6. The zero-order valence-corrected chi connectivity index (χ0v) is 20.7. The van der Waals surface area contributed by atoms with E-state index in [-0.39, 0.29) is 34.6 Å². The van der Waals surface area contributed by atoms with E-state index in [1.54, 1.807) is 6.08 Å².